The maximum Gasteiger partial charge on any atom is 0.279 e. The molecule has 0 bridgehead atoms. The summed E-state index contributed by atoms with van der Waals surface area (Å²) in [6, 6.07) is 1.91. The second-order valence-corrected chi connectivity index (χ2v) is 7.07. The smallest absolute Gasteiger partial charge is 0.279 e. The molecule has 2 heterocycles. The third-order valence-corrected chi connectivity index (χ3v) is 4.98. The molecule has 2 atom stereocenters. The second-order valence-electron chi connectivity index (χ2n) is 4.53. The van der Waals surface area contributed by atoms with E-state index in [4.69, 9.17) is 4.74 Å². The highest BCUT2D eigenvalue weighted by molar-refractivity contribution is 7.87. The number of thiophene rings is 1. The predicted octanol–water partition coefficient (Wildman–Crippen LogP) is 1.19. The number of rotatable bonds is 4. The Bertz CT molecular complexity index is 462. The summed E-state index contributed by atoms with van der Waals surface area (Å²) < 4.78 is 33.9. The molecule has 2 rings (SSSR count). The van der Waals surface area contributed by atoms with Gasteiger partial charge in [-0.2, -0.15) is 28.8 Å². The molecule has 1 aromatic heterocycles. The lowest BCUT2D eigenvalue weighted by molar-refractivity contribution is -0.0444. The van der Waals surface area contributed by atoms with E-state index in [9.17, 15) is 8.42 Å². The molecule has 1 aliphatic rings. The lowest BCUT2D eigenvalue weighted by atomic mass is 10.3. The van der Waals surface area contributed by atoms with Crippen LogP contribution in [0, 0.1) is 0 Å². The fraction of sp³-hybridized carbons (Fsp3) is 0.636. The highest BCUT2D eigenvalue weighted by Crippen LogP contribution is 2.14. The van der Waals surface area contributed by atoms with Crippen molar-refractivity contribution < 1.29 is 13.2 Å². The van der Waals surface area contributed by atoms with Crippen molar-refractivity contribution in [2.24, 2.45) is 0 Å². The molecular formula is C11H18N2O3S2. The van der Waals surface area contributed by atoms with E-state index in [1.807, 2.05) is 30.7 Å². The van der Waals surface area contributed by atoms with Crippen LogP contribution in [0.5, 0.6) is 0 Å². The van der Waals surface area contributed by atoms with E-state index >= 15 is 0 Å². The van der Waals surface area contributed by atoms with Crippen molar-refractivity contribution in [1.82, 2.24) is 9.03 Å². The Morgan fingerprint density at radius 2 is 2.11 bits per heavy atom. The lowest BCUT2D eigenvalue weighted by Gasteiger charge is -2.34. The Morgan fingerprint density at radius 3 is 2.67 bits per heavy atom. The highest BCUT2D eigenvalue weighted by Gasteiger charge is 2.30. The van der Waals surface area contributed by atoms with Crippen LogP contribution >= 0.6 is 11.3 Å². The largest absolute Gasteiger partial charge is 0.373 e. The van der Waals surface area contributed by atoms with Gasteiger partial charge in [0.25, 0.3) is 10.2 Å². The first-order valence-electron chi connectivity index (χ1n) is 5.88. The molecule has 18 heavy (non-hydrogen) atoms. The molecule has 1 aromatic rings. The monoisotopic (exact) mass is 290 g/mol. The predicted molar refractivity (Wildman–Crippen MR) is 71.7 cm³/mol. The third-order valence-electron chi connectivity index (χ3n) is 2.76. The fourth-order valence-electron chi connectivity index (χ4n) is 1.99. The number of hydrogen-bond donors (Lipinski definition) is 1. The van der Waals surface area contributed by atoms with Gasteiger partial charge in [0.2, 0.25) is 0 Å². The van der Waals surface area contributed by atoms with E-state index < -0.39 is 10.2 Å². The van der Waals surface area contributed by atoms with Gasteiger partial charge in [0.15, 0.2) is 0 Å². The van der Waals surface area contributed by atoms with Gasteiger partial charge < -0.3 is 4.74 Å². The van der Waals surface area contributed by atoms with Crippen molar-refractivity contribution in [3.63, 3.8) is 0 Å². The van der Waals surface area contributed by atoms with Gasteiger partial charge in [-0.3, -0.25) is 0 Å². The van der Waals surface area contributed by atoms with Gasteiger partial charge in [-0.15, -0.1) is 0 Å². The lowest BCUT2D eigenvalue weighted by Crippen LogP contribution is -2.51. The summed E-state index contributed by atoms with van der Waals surface area (Å²) in [4.78, 5) is 0. The Balaban J connectivity index is 1.97. The molecule has 1 fully saturated rings. The molecule has 0 saturated carbocycles. The number of nitrogens with one attached hydrogen (secondary N) is 1. The maximum absolute atomic E-state index is 12.1. The maximum atomic E-state index is 12.1. The Labute approximate surface area is 112 Å². The van der Waals surface area contributed by atoms with Gasteiger partial charge in [-0.1, -0.05) is 0 Å². The van der Waals surface area contributed by atoms with Gasteiger partial charge in [-0.05, 0) is 36.2 Å². The Hall–Kier alpha value is -0.470. The fourth-order valence-corrected chi connectivity index (χ4v) is 4.00. The summed E-state index contributed by atoms with van der Waals surface area (Å²) in [6.45, 7) is 4.92. The molecule has 102 valence electrons. The number of hydrogen-bond acceptors (Lipinski definition) is 4. The summed E-state index contributed by atoms with van der Waals surface area (Å²) in [5.41, 5.74) is 0.984. The first-order chi connectivity index (χ1) is 8.47. The van der Waals surface area contributed by atoms with Crippen LogP contribution in [0.15, 0.2) is 16.8 Å². The van der Waals surface area contributed by atoms with Crippen LogP contribution in [-0.2, 0) is 21.5 Å². The van der Waals surface area contributed by atoms with Gasteiger partial charge in [0, 0.05) is 19.6 Å². The second kappa shape index (κ2) is 5.66. The minimum absolute atomic E-state index is 0.0635. The van der Waals surface area contributed by atoms with Crippen LogP contribution < -0.4 is 4.72 Å². The zero-order chi connectivity index (χ0) is 13.2. The van der Waals surface area contributed by atoms with Crippen LogP contribution in [0.2, 0.25) is 0 Å². The number of nitrogens with zero attached hydrogens (tertiary/aromatic N) is 1. The molecule has 2 unspecified atom stereocenters. The topological polar surface area (TPSA) is 58.6 Å². The minimum atomic E-state index is -3.42. The molecule has 1 N–H and O–H groups in total. The summed E-state index contributed by atoms with van der Waals surface area (Å²) in [6.07, 6.45) is -0.127. The molecule has 0 aromatic carbocycles. The van der Waals surface area contributed by atoms with Crippen molar-refractivity contribution in [1.29, 1.82) is 0 Å². The van der Waals surface area contributed by atoms with Gasteiger partial charge >= 0.3 is 0 Å². The summed E-state index contributed by atoms with van der Waals surface area (Å²) in [5.74, 6) is 0. The highest BCUT2D eigenvalue weighted by atomic mass is 32.2. The quantitative estimate of drug-likeness (QED) is 0.906. The van der Waals surface area contributed by atoms with E-state index in [0.717, 1.165) is 5.56 Å². The van der Waals surface area contributed by atoms with Crippen LogP contribution in [0.1, 0.15) is 19.4 Å². The summed E-state index contributed by atoms with van der Waals surface area (Å²) >= 11 is 1.56. The average molecular weight is 290 g/mol. The van der Waals surface area contributed by atoms with E-state index in [-0.39, 0.29) is 12.2 Å². The first-order valence-corrected chi connectivity index (χ1v) is 8.27. The van der Waals surface area contributed by atoms with Crippen LogP contribution in [0.3, 0.4) is 0 Å². The Kier molecular flexibility index (Phi) is 4.39. The van der Waals surface area contributed by atoms with E-state index in [0.29, 0.717) is 19.6 Å². The third kappa shape index (κ3) is 3.52. The first kappa shape index (κ1) is 14.0. The summed E-state index contributed by atoms with van der Waals surface area (Å²) in [5, 5.41) is 3.87. The molecular weight excluding hydrogens is 272 g/mol. The van der Waals surface area contributed by atoms with Crippen molar-refractivity contribution in [3.05, 3.63) is 22.4 Å². The normalized spacial score (nSPS) is 26.3. The average Bonchev–Trinajstić information content (AvgIpc) is 2.78. The minimum Gasteiger partial charge on any atom is -0.373 e. The van der Waals surface area contributed by atoms with Crippen molar-refractivity contribution >= 4 is 21.5 Å². The van der Waals surface area contributed by atoms with Crippen molar-refractivity contribution in [2.45, 2.75) is 32.6 Å². The van der Waals surface area contributed by atoms with E-state index in [1.165, 1.54) is 4.31 Å². The van der Waals surface area contributed by atoms with Crippen LogP contribution in [0.25, 0.3) is 0 Å². The van der Waals surface area contributed by atoms with Gasteiger partial charge in [0.05, 0.1) is 12.2 Å². The SMILES string of the molecule is CC1CN(S(=O)(=O)NCc2ccsc2)CC(C)O1. The van der Waals surface area contributed by atoms with Gasteiger partial charge in [-0.25, -0.2) is 0 Å². The van der Waals surface area contributed by atoms with E-state index in [1.54, 1.807) is 11.3 Å². The van der Waals surface area contributed by atoms with E-state index in [2.05, 4.69) is 4.72 Å². The zero-order valence-corrected chi connectivity index (χ0v) is 12.1. The number of ether oxygens (including phenoxy) is 1. The molecule has 0 radical (unpaired) electrons. The Morgan fingerprint density at radius 1 is 1.44 bits per heavy atom. The standard InChI is InChI=1S/C11H18N2O3S2/c1-9-6-13(7-10(2)16-9)18(14,15)12-5-11-3-4-17-8-11/h3-4,8-10,12H,5-7H2,1-2H3. The van der Waals surface area contributed by atoms with Crippen molar-refractivity contribution in [2.75, 3.05) is 13.1 Å². The zero-order valence-electron chi connectivity index (χ0n) is 10.5. The van der Waals surface area contributed by atoms with Crippen LogP contribution in [0.4, 0.5) is 0 Å². The molecule has 1 saturated heterocycles. The molecule has 0 spiro atoms. The van der Waals surface area contributed by atoms with Crippen molar-refractivity contribution in [3.8, 4) is 0 Å². The molecule has 5 nitrogen and oxygen atoms in total. The molecule has 7 heteroatoms. The number of morpholine rings is 1. The molecule has 0 aliphatic carbocycles. The van der Waals surface area contributed by atoms with Crippen LogP contribution in [-0.4, -0.2) is 38.0 Å². The van der Waals surface area contributed by atoms with Gasteiger partial charge in [0.1, 0.15) is 0 Å². The summed E-state index contributed by atoms with van der Waals surface area (Å²) in [7, 11) is -3.42. The molecule has 1 aliphatic heterocycles. The molecule has 0 amide bonds.